The van der Waals surface area contributed by atoms with Gasteiger partial charge in [0, 0.05) is 16.5 Å². The molecule has 0 spiro atoms. The standard InChI is InChI=1S/C16H18F2N2O2S2/c1-16(2,3)12-8-23-15(20-12)24-9-13(21)19-10-4-6-11(7-5-10)22-14(17)18/h4-8,14H,9H2,1-3H3,(H,19,21). The van der Waals surface area contributed by atoms with Crippen LogP contribution in [0.2, 0.25) is 0 Å². The maximum Gasteiger partial charge on any atom is 0.387 e. The molecule has 2 aromatic rings. The molecule has 1 heterocycles. The van der Waals surface area contributed by atoms with E-state index in [1.807, 2.05) is 5.38 Å². The number of carbonyl (C=O) groups is 1. The average molecular weight is 372 g/mol. The van der Waals surface area contributed by atoms with Gasteiger partial charge in [-0.2, -0.15) is 8.78 Å². The first-order valence-electron chi connectivity index (χ1n) is 7.17. The van der Waals surface area contributed by atoms with Crippen molar-refractivity contribution in [2.24, 2.45) is 0 Å². The Labute approximate surface area is 147 Å². The lowest BCUT2D eigenvalue weighted by Gasteiger charge is -2.14. The van der Waals surface area contributed by atoms with Crippen LogP contribution in [-0.4, -0.2) is 23.3 Å². The minimum atomic E-state index is -2.86. The highest BCUT2D eigenvalue weighted by molar-refractivity contribution is 8.01. The Morgan fingerprint density at radius 1 is 1.33 bits per heavy atom. The maximum absolute atomic E-state index is 12.1. The Morgan fingerprint density at radius 2 is 2.00 bits per heavy atom. The van der Waals surface area contributed by atoms with E-state index in [0.717, 1.165) is 10.0 Å². The van der Waals surface area contributed by atoms with Crippen LogP contribution in [0.5, 0.6) is 5.75 Å². The Morgan fingerprint density at radius 3 is 2.54 bits per heavy atom. The lowest BCUT2D eigenvalue weighted by Crippen LogP contribution is -2.14. The zero-order valence-corrected chi connectivity index (χ0v) is 15.1. The average Bonchev–Trinajstić information content (AvgIpc) is 2.96. The normalized spacial score (nSPS) is 11.6. The van der Waals surface area contributed by atoms with Gasteiger partial charge in [0.2, 0.25) is 5.91 Å². The third-order valence-electron chi connectivity index (χ3n) is 2.94. The monoisotopic (exact) mass is 372 g/mol. The molecule has 0 atom stereocenters. The summed E-state index contributed by atoms with van der Waals surface area (Å²) in [6, 6.07) is 5.79. The number of thiazole rings is 1. The Hall–Kier alpha value is -1.67. The molecule has 24 heavy (non-hydrogen) atoms. The fourth-order valence-electron chi connectivity index (χ4n) is 1.71. The Bertz CT molecular complexity index is 682. The van der Waals surface area contributed by atoms with Crippen molar-refractivity contribution in [3.05, 3.63) is 35.3 Å². The molecular formula is C16H18F2N2O2S2. The molecule has 0 unspecified atom stereocenters. The van der Waals surface area contributed by atoms with Crippen molar-refractivity contribution in [1.29, 1.82) is 0 Å². The third-order valence-corrected chi connectivity index (χ3v) is 4.96. The minimum Gasteiger partial charge on any atom is -0.435 e. The summed E-state index contributed by atoms with van der Waals surface area (Å²) >= 11 is 2.88. The number of amides is 1. The van der Waals surface area contributed by atoms with Gasteiger partial charge in [0.05, 0.1) is 11.4 Å². The van der Waals surface area contributed by atoms with E-state index < -0.39 is 6.61 Å². The van der Waals surface area contributed by atoms with E-state index in [4.69, 9.17) is 0 Å². The van der Waals surface area contributed by atoms with Gasteiger partial charge in [0.15, 0.2) is 4.34 Å². The van der Waals surface area contributed by atoms with Crippen molar-refractivity contribution in [3.8, 4) is 5.75 Å². The van der Waals surface area contributed by atoms with Crippen LogP contribution >= 0.6 is 23.1 Å². The molecule has 0 fully saturated rings. The van der Waals surface area contributed by atoms with Crippen LogP contribution in [0.25, 0.3) is 0 Å². The molecule has 8 heteroatoms. The van der Waals surface area contributed by atoms with Gasteiger partial charge in [-0.3, -0.25) is 4.79 Å². The van der Waals surface area contributed by atoms with Crippen LogP contribution in [0.3, 0.4) is 0 Å². The quantitative estimate of drug-likeness (QED) is 0.742. The van der Waals surface area contributed by atoms with Crippen molar-refractivity contribution >= 4 is 34.7 Å². The number of hydrogen-bond acceptors (Lipinski definition) is 5. The van der Waals surface area contributed by atoms with E-state index in [1.165, 1.54) is 47.4 Å². The van der Waals surface area contributed by atoms with E-state index >= 15 is 0 Å². The van der Waals surface area contributed by atoms with Gasteiger partial charge in [-0.05, 0) is 24.3 Å². The van der Waals surface area contributed by atoms with E-state index in [9.17, 15) is 13.6 Å². The van der Waals surface area contributed by atoms with Gasteiger partial charge in [-0.1, -0.05) is 32.5 Å². The van der Waals surface area contributed by atoms with Gasteiger partial charge in [0.1, 0.15) is 5.75 Å². The van der Waals surface area contributed by atoms with Gasteiger partial charge < -0.3 is 10.1 Å². The number of anilines is 1. The second-order valence-electron chi connectivity index (χ2n) is 5.99. The van der Waals surface area contributed by atoms with Gasteiger partial charge in [-0.25, -0.2) is 4.98 Å². The van der Waals surface area contributed by atoms with Crippen LogP contribution in [0.4, 0.5) is 14.5 Å². The fraction of sp³-hybridized carbons (Fsp3) is 0.375. The van der Waals surface area contributed by atoms with Gasteiger partial charge in [-0.15, -0.1) is 11.3 Å². The number of carbonyl (C=O) groups excluding carboxylic acids is 1. The molecular weight excluding hydrogens is 354 g/mol. The number of nitrogens with zero attached hydrogens (tertiary/aromatic N) is 1. The first kappa shape index (κ1) is 18.7. The summed E-state index contributed by atoms with van der Waals surface area (Å²) in [6.45, 7) is 3.40. The third kappa shape index (κ3) is 5.76. The second kappa shape index (κ2) is 7.94. The molecule has 1 aromatic heterocycles. The minimum absolute atomic E-state index is 0.0143. The number of hydrogen-bond donors (Lipinski definition) is 1. The predicted octanol–water partition coefficient (Wildman–Crippen LogP) is 4.77. The molecule has 0 aliphatic rings. The summed E-state index contributed by atoms with van der Waals surface area (Å²) < 4.78 is 29.2. The molecule has 0 bridgehead atoms. The highest BCUT2D eigenvalue weighted by atomic mass is 32.2. The molecule has 130 valence electrons. The summed E-state index contributed by atoms with van der Waals surface area (Å²) in [5.74, 6) is 0.0942. The first-order valence-corrected chi connectivity index (χ1v) is 9.04. The van der Waals surface area contributed by atoms with Gasteiger partial charge in [0.25, 0.3) is 0 Å². The highest BCUT2D eigenvalue weighted by Gasteiger charge is 2.18. The first-order chi connectivity index (χ1) is 11.2. The zero-order chi connectivity index (χ0) is 17.7. The molecule has 0 radical (unpaired) electrons. The molecule has 4 nitrogen and oxygen atoms in total. The summed E-state index contributed by atoms with van der Waals surface area (Å²) in [7, 11) is 0. The molecule has 1 amide bonds. The lowest BCUT2D eigenvalue weighted by molar-refractivity contribution is -0.113. The van der Waals surface area contributed by atoms with E-state index in [-0.39, 0.29) is 22.8 Å². The number of aromatic nitrogens is 1. The van der Waals surface area contributed by atoms with Gasteiger partial charge >= 0.3 is 6.61 Å². The summed E-state index contributed by atoms with van der Waals surface area (Å²) in [5.41, 5.74) is 1.52. The summed E-state index contributed by atoms with van der Waals surface area (Å²) in [4.78, 5) is 16.5. The van der Waals surface area contributed by atoms with Crippen molar-refractivity contribution in [1.82, 2.24) is 4.98 Å². The molecule has 0 aliphatic heterocycles. The summed E-state index contributed by atoms with van der Waals surface area (Å²) in [5, 5.41) is 4.71. The number of thioether (sulfide) groups is 1. The van der Waals surface area contributed by atoms with Crippen LogP contribution in [0.1, 0.15) is 26.5 Å². The SMILES string of the molecule is CC(C)(C)c1csc(SCC(=O)Nc2ccc(OC(F)F)cc2)n1. The van der Waals surface area contributed by atoms with E-state index in [2.05, 4.69) is 35.8 Å². The molecule has 1 aromatic carbocycles. The van der Waals surface area contributed by atoms with Crippen molar-refractivity contribution < 1.29 is 18.3 Å². The van der Waals surface area contributed by atoms with Crippen molar-refractivity contribution in [2.75, 3.05) is 11.1 Å². The van der Waals surface area contributed by atoms with Crippen LogP contribution in [-0.2, 0) is 10.2 Å². The zero-order valence-electron chi connectivity index (χ0n) is 13.5. The topological polar surface area (TPSA) is 51.2 Å². The van der Waals surface area contributed by atoms with Crippen molar-refractivity contribution in [3.63, 3.8) is 0 Å². The maximum atomic E-state index is 12.1. The lowest BCUT2D eigenvalue weighted by atomic mass is 9.93. The van der Waals surface area contributed by atoms with E-state index in [1.54, 1.807) is 0 Å². The smallest absolute Gasteiger partial charge is 0.387 e. The molecule has 0 saturated heterocycles. The molecule has 0 aliphatic carbocycles. The number of halogens is 2. The molecule has 0 saturated carbocycles. The molecule has 2 rings (SSSR count). The van der Waals surface area contributed by atoms with E-state index in [0.29, 0.717) is 5.69 Å². The van der Waals surface area contributed by atoms with Crippen molar-refractivity contribution in [2.45, 2.75) is 37.1 Å². The number of nitrogens with one attached hydrogen (secondary N) is 1. The largest absolute Gasteiger partial charge is 0.435 e. The van der Waals surface area contributed by atoms with Crippen LogP contribution < -0.4 is 10.1 Å². The Balaban J connectivity index is 1.84. The number of rotatable bonds is 6. The number of alkyl halides is 2. The van der Waals surface area contributed by atoms with Crippen LogP contribution in [0.15, 0.2) is 34.0 Å². The fourth-order valence-corrected chi connectivity index (χ4v) is 3.56. The van der Waals surface area contributed by atoms with Crippen LogP contribution in [0, 0.1) is 0 Å². The second-order valence-corrected chi connectivity index (χ2v) is 8.07. The predicted molar refractivity (Wildman–Crippen MR) is 93.2 cm³/mol. The number of ether oxygens (including phenoxy) is 1. The number of benzene rings is 1. The Kier molecular flexibility index (Phi) is 6.17. The highest BCUT2D eigenvalue weighted by Crippen LogP contribution is 2.29. The summed E-state index contributed by atoms with van der Waals surface area (Å²) in [6.07, 6.45) is 0. The molecule has 1 N–H and O–H groups in total.